The minimum atomic E-state index is 0. The fourth-order valence-electron chi connectivity index (χ4n) is 1.95. The van der Waals surface area contributed by atoms with E-state index in [9.17, 15) is 5.11 Å². The Balaban J connectivity index is 0.000000500. The summed E-state index contributed by atoms with van der Waals surface area (Å²) in [6, 6.07) is 0.630. The van der Waals surface area contributed by atoms with Crippen LogP contribution >= 0.6 is 12.4 Å². The lowest BCUT2D eigenvalue weighted by Crippen LogP contribution is -2.51. The number of piperidine rings is 2. The van der Waals surface area contributed by atoms with E-state index in [0.717, 1.165) is 13.0 Å². The zero-order valence-electron chi connectivity index (χ0n) is 5.92. The van der Waals surface area contributed by atoms with Crippen molar-refractivity contribution in [3.63, 3.8) is 0 Å². The lowest BCUT2D eigenvalue weighted by atomic mass is 9.79. The molecule has 3 aliphatic rings. The van der Waals surface area contributed by atoms with Gasteiger partial charge in [-0.25, -0.2) is 0 Å². The van der Waals surface area contributed by atoms with Gasteiger partial charge < -0.3 is 10.4 Å². The van der Waals surface area contributed by atoms with Crippen LogP contribution in [0.4, 0.5) is 0 Å². The first-order valence-electron chi connectivity index (χ1n) is 3.78. The Morgan fingerprint density at radius 3 is 2.30 bits per heavy atom. The summed E-state index contributed by atoms with van der Waals surface area (Å²) in [5, 5.41) is 12.7. The summed E-state index contributed by atoms with van der Waals surface area (Å²) in [6.07, 6.45) is 3.51. The number of rotatable bonds is 0. The van der Waals surface area contributed by atoms with Crippen LogP contribution < -0.4 is 5.32 Å². The van der Waals surface area contributed by atoms with Gasteiger partial charge in [0.1, 0.15) is 0 Å². The highest BCUT2D eigenvalue weighted by atomic mass is 35.5. The van der Waals surface area contributed by atoms with Gasteiger partial charge in [-0.1, -0.05) is 0 Å². The predicted octanol–water partition coefficient (Wildman–Crippen LogP) is 0.541. The van der Waals surface area contributed by atoms with Gasteiger partial charge in [-0.15, -0.1) is 12.4 Å². The van der Waals surface area contributed by atoms with Crippen LogP contribution in [0.3, 0.4) is 0 Å². The van der Waals surface area contributed by atoms with Crippen LogP contribution in [0.1, 0.15) is 19.3 Å². The number of aliphatic hydroxyl groups is 1. The molecule has 3 atom stereocenters. The van der Waals surface area contributed by atoms with Crippen molar-refractivity contribution in [2.45, 2.75) is 31.4 Å². The molecule has 0 amide bonds. The van der Waals surface area contributed by atoms with Crippen molar-refractivity contribution in [2.75, 3.05) is 6.54 Å². The molecule has 10 heavy (non-hydrogen) atoms. The summed E-state index contributed by atoms with van der Waals surface area (Å²) in [6.45, 7) is 1.05. The van der Waals surface area contributed by atoms with Crippen LogP contribution in [0.25, 0.3) is 0 Å². The third-order valence-corrected chi connectivity index (χ3v) is 2.62. The molecule has 0 aromatic carbocycles. The lowest BCUT2D eigenvalue weighted by molar-refractivity contribution is 0.0228. The summed E-state index contributed by atoms with van der Waals surface area (Å²) in [4.78, 5) is 0. The van der Waals surface area contributed by atoms with Gasteiger partial charge in [0.2, 0.25) is 0 Å². The molecule has 2 heterocycles. The van der Waals surface area contributed by atoms with Gasteiger partial charge in [0, 0.05) is 12.6 Å². The minimum absolute atomic E-state index is 0. The van der Waals surface area contributed by atoms with Crippen molar-refractivity contribution in [3.05, 3.63) is 0 Å². The van der Waals surface area contributed by atoms with Crippen LogP contribution in [0, 0.1) is 5.92 Å². The molecule has 2 nitrogen and oxygen atoms in total. The van der Waals surface area contributed by atoms with Crippen molar-refractivity contribution >= 4 is 12.4 Å². The second kappa shape index (κ2) is 3.07. The lowest BCUT2D eigenvalue weighted by Gasteiger charge is -2.40. The average Bonchev–Trinajstić information content (AvgIpc) is 1.90. The second-order valence-corrected chi connectivity index (χ2v) is 3.25. The van der Waals surface area contributed by atoms with E-state index in [0.29, 0.717) is 12.0 Å². The van der Waals surface area contributed by atoms with E-state index in [1.165, 1.54) is 12.8 Å². The number of fused-ring (bicyclic) bond motifs is 3. The van der Waals surface area contributed by atoms with E-state index < -0.39 is 0 Å². The number of hydrogen-bond acceptors (Lipinski definition) is 2. The summed E-state index contributed by atoms with van der Waals surface area (Å²) < 4.78 is 0. The average molecular weight is 164 g/mol. The Kier molecular flexibility index (Phi) is 2.55. The van der Waals surface area contributed by atoms with Gasteiger partial charge in [0.05, 0.1) is 6.10 Å². The monoisotopic (exact) mass is 163 g/mol. The van der Waals surface area contributed by atoms with E-state index in [2.05, 4.69) is 5.32 Å². The van der Waals surface area contributed by atoms with Crippen LogP contribution in [-0.4, -0.2) is 23.8 Å². The topological polar surface area (TPSA) is 32.3 Å². The molecular weight excluding hydrogens is 150 g/mol. The van der Waals surface area contributed by atoms with Gasteiger partial charge in [-0.05, 0) is 25.2 Å². The molecule has 1 aliphatic carbocycles. The Morgan fingerprint density at radius 1 is 1.30 bits per heavy atom. The molecule has 0 aromatic heterocycles. The van der Waals surface area contributed by atoms with Crippen LogP contribution in [0.2, 0.25) is 0 Å². The molecule has 2 aliphatic heterocycles. The van der Waals surface area contributed by atoms with Crippen molar-refractivity contribution in [1.29, 1.82) is 0 Å². The fourth-order valence-corrected chi connectivity index (χ4v) is 1.95. The maximum atomic E-state index is 9.36. The molecule has 3 heteroatoms. The highest BCUT2D eigenvalue weighted by Crippen LogP contribution is 2.28. The fraction of sp³-hybridized carbons (Fsp3) is 1.00. The number of hydrogen-bond donors (Lipinski definition) is 2. The summed E-state index contributed by atoms with van der Waals surface area (Å²) in [7, 11) is 0. The van der Waals surface area contributed by atoms with Crippen molar-refractivity contribution in [3.8, 4) is 0 Å². The van der Waals surface area contributed by atoms with Gasteiger partial charge in [0.15, 0.2) is 0 Å². The molecule has 3 fully saturated rings. The number of halogens is 1. The SMILES string of the molecule is Cl.O[C@H]1C[C@H]2CC[C@@H]1CN2. The maximum absolute atomic E-state index is 9.36. The van der Waals surface area contributed by atoms with Crippen LogP contribution in [0.15, 0.2) is 0 Å². The molecule has 0 radical (unpaired) electrons. The van der Waals surface area contributed by atoms with E-state index in [1.807, 2.05) is 0 Å². The van der Waals surface area contributed by atoms with Crippen molar-refractivity contribution in [2.24, 2.45) is 5.92 Å². The first-order valence-corrected chi connectivity index (χ1v) is 3.78. The van der Waals surface area contributed by atoms with Crippen LogP contribution in [-0.2, 0) is 0 Å². The molecule has 0 spiro atoms. The first-order chi connectivity index (χ1) is 4.36. The molecule has 60 valence electrons. The van der Waals surface area contributed by atoms with Gasteiger partial charge in [-0.3, -0.25) is 0 Å². The molecule has 1 saturated carbocycles. The molecule has 0 aromatic rings. The summed E-state index contributed by atoms with van der Waals surface area (Å²) in [5.41, 5.74) is 0. The third kappa shape index (κ3) is 1.29. The summed E-state index contributed by atoms with van der Waals surface area (Å²) >= 11 is 0. The molecule has 3 rings (SSSR count). The standard InChI is InChI=1S/C7H13NO.ClH/c9-7-3-6-2-1-5(7)4-8-6;/h5-9H,1-4H2;1H/t5-,6-,7+;/m1./s1. The highest BCUT2D eigenvalue weighted by Gasteiger charge is 2.33. The van der Waals surface area contributed by atoms with E-state index >= 15 is 0 Å². The summed E-state index contributed by atoms with van der Waals surface area (Å²) in [5.74, 6) is 0.565. The highest BCUT2D eigenvalue weighted by molar-refractivity contribution is 5.85. The zero-order valence-corrected chi connectivity index (χ0v) is 6.73. The van der Waals surface area contributed by atoms with Crippen molar-refractivity contribution < 1.29 is 5.11 Å². The third-order valence-electron chi connectivity index (χ3n) is 2.62. The van der Waals surface area contributed by atoms with E-state index in [-0.39, 0.29) is 18.5 Å². The number of aliphatic hydroxyl groups excluding tert-OH is 1. The zero-order chi connectivity index (χ0) is 6.27. The number of nitrogens with one attached hydrogen (secondary N) is 1. The Bertz CT molecular complexity index is 112. The first kappa shape index (κ1) is 8.31. The Labute approximate surface area is 67.4 Å². The molecular formula is C7H14ClNO. The Morgan fingerprint density at radius 2 is 2.10 bits per heavy atom. The molecule has 2 bridgehead atoms. The van der Waals surface area contributed by atoms with Crippen LogP contribution in [0.5, 0.6) is 0 Å². The molecule has 2 saturated heterocycles. The normalized spacial score (nSPS) is 44.7. The van der Waals surface area contributed by atoms with E-state index in [4.69, 9.17) is 0 Å². The van der Waals surface area contributed by atoms with Gasteiger partial charge in [-0.2, -0.15) is 0 Å². The van der Waals surface area contributed by atoms with E-state index in [1.54, 1.807) is 0 Å². The van der Waals surface area contributed by atoms with Gasteiger partial charge in [0.25, 0.3) is 0 Å². The smallest absolute Gasteiger partial charge is 0.0595 e. The molecule has 2 N–H and O–H groups in total. The van der Waals surface area contributed by atoms with Gasteiger partial charge >= 0.3 is 0 Å². The Hall–Kier alpha value is 0.210. The quantitative estimate of drug-likeness (QED) is 0.547. The predicted molar refractivity (Wildman–Crippen MR) is 42.4 cm³/mol. The maximum Gasteiger partial charge on any atom is 0.0595 e. The molecule has 0 unspecified atom stereocenters. The largest absolute Gasteiger partial charge is 0.393 e. The van der Waals surface area contributed by atoms with Crippen molar-refractivity contribution in [1.82, 2.24) is 5.32 Å². The second-order valence-electron chi connectivity index (χ2n) is 3.25. The minimum Gasteiger partial charge on any atom is -0.393 e.